The molecular weight excluding hydrogens is 227 g/mol. The molecule has 0 atom stereocenters. The van der Waals surface area contributed by atoms with Gasteiger partial charge in [-0.05, 0) is 6.07 Å². The minimum absolute atomic E-state index is 0.344. The van der Waals surface area contributed by atoms with Crippen molar-refractivity contribution in [2.24, 2.45) is 0 Å². The molecule has 1 aromatic carbocycles. The predicted octanol–water partition coefficient (Wildman–Crippen LogP) is 2.10. The number of ether oxygens (including phenoxy) is 1. The van der Waals surface area contributed by atoms with E-state index in [0.717, 1.165) is 19.1 Å². The molecule has 0 aliphatic heterocycles. The average molecular weight is 233 g/mol. The molecule has 1 aromatic rings. The molecule has 0 aromatic heterocycles. The van der Waals surface area contributed by atoms with Crippen LogP contribution in [0.5, 0.6) is 5.75 Å². The van der Waals surface area contributed by atoms with E-state index in [2.05, 4.69) is 4.74 Å². The van der Waals surface area contributed by atoms with Gasteiger partial charge in [-0.1, -0.05) is 11.6 Å². The first-order valence-electron chi connectivity index (χ1n) is 3.82. The normalized spacial score (nSPS) is 9.80. The molecule has 0 unspecified atom stereocenters. The lowest BCUT2D eigenvalue weighted by Gasteiger charge is -2.06. The summed E-state index contributed by atoms with van der Waals surface area (Å²) in [5, 5.41) is 8.38. The Morgan fingerprint density at radius 2 is 2.07 bits per heavy atom. The third-order valence-corrected chi connectivity index (χ3v) is 1.80. The first-order valence-corrected chi connectivity index (χ1v) is 4.20. The van der Waals surface area contributed by atoms with Crippen molar-refractivity contribution in [3.63, 3.8) is 0 Å². The minimum atomic E-state index is -1.35. The van der Waals surface area contributed by atoms with Crippen molar-refractivity contribution in [3.05, 3.63) is 28.5 Å². The standard InChI is InChI=1S/C9H6ClFO4/c1-4(12)15-8-3-7(11)6(10)2-5(8)9(13)14/h2-3H,1H3,(H,13,14). The fraction of sp³-hybridized carbons (Fsp3) is 0.111. The third-order valence-electron chi connectivity index (χ3n) is 1.51. The molecule has 15 heavy (non-hydrogen) atoms. The van der Waals surface area contributed by atoms with Gasteiger partial charge in [0.05, 0.1) is 5.02 Å². The number of carboxylic acids is 1. The highest BCUT2D eigenvalue weighted by Gasteiger charge is 2.16. The van der Waals surface area contributed by atoms with Gasteiger partial charge in [0.15, 0.2) is 0 Å². The lowest BCUT2D eigenvalue weighted by atomic mass is 10.2. The Balaban J connectivity index is 3.28. The zero-order valence-corrected chi connectivity index (χ0v) is 8.34. The van der Waals surface area contributed by atoms with Crippen LogP contribution in [0, 0.1) is 5.82 Å². The second kappa shape index (κ2) is 4.27. The van der Waals surface area contributed by atoms with E-state index in [9.17, 15) is 14.0 Å². The van der Waals surface area contributed by atoms with Gasteiger partial charge < -0.3 is 9.84 Å². The van der Waals surface area contributed by atoms with Gasteiger partial charge in [0.25, 0.3) is 0 Å². The van der Waals surface area contributed by atoms with Gasteiger partial charge in [0.2, 0.25) is 0 Å². The quantitative estimate of drug-likeness (QED) is 0.627. The zero-order chi connectivity index (χ0) is 11.6. The van der Waals surface area contributed by atoms with Crippen LogP contribution < -0.4 is 4.74 Å². The van der Waals surface area contributed by atoms with Gasteiger partial charge in [-0.15, -0.1) is 0 Å². The summed E-state index contributed by atoms with van der Waals surface area (Å²) in [6.07, 6.45) is 0. The molecule has 0 heterocycles. The zero-order valence-electron chi connectivity index (χ0n) is 7.58. The van der Waals surface area contributed by atoms with Crippen LogP contribution in [-0.2, 0) is 4.79 Å². The first-order chi connectivity index (χ1) is 6.91. The fourth-order valence-corrected chi connectivity index (χ4v) is 1.10. The Bertz CT molecular complexity index is 430. The number of carbonyl (C=O) groups is 2. The molecule has 6 heteroatoms. The number of hydrogen-bond donors (Lipinski definition) is 1. The van der Waals surface area contributed by atoms with Gasteiger partial charge >= 0.3 is 11.9 Å². The van der Waals surface area contributed by atoms with Crippen molar-refractivity contribution in [1.82, 2.24) is 0 Å². The number of esters is 1. The summed E-state index contributed by atoms with van der Waals surface area (Å²) in [4.78, 5) is 21.3. The number of benzene rings is 1. The van der Waals surface area contributed by atoms with E-state index in [1.807, 2.05) is 0 Å². The van der Waals surface area contributed by atoms with Gasteiger partial charge in [0, 0.05) is 13.0 Å². The fourth-order valence-electron chi connectivity index (χ4n) is 0.935. The topological polar surface area (TPSA) is 63.6 Å². The summed E-state index contributed by atoms with van der Waals surface area (Å²) in [5.74, 6) is -3.30. The van der Waals surface area contributed by atoms with Gasteiger partial charge in [-0.3, -0.25) is 4.79 Å². The summed E-state index contributed by atoms with van der Waals surface area (Å²) in [5.41, 5.74) is -0.364. The van der Waals surface area contributed by atoms with Crippen LogP contribution in [0.15, 0.2) is 12.1 Å². The van der Waals surface area contributed by atoms with E-state index in [1.54, 1.807) is 0 Å². The van der Waals surface area contributed by atoms with Crippen LogP contribution in [0.25, 0.3) is 0 Å². The van der Waals surface area contributed by atoms with Crippen molar-refractivity contribution in [3.8, 4) is 5.75 Å². The molecule has 0 fully saturated rings. The Morgan fingerprint density at radius 1 is 1.47 bits per heavy atom. The summed E-state index contributed by atoms with van der Waals surface area (Å²) in [6, 6.07) is 1.64. The molecule has 1 N–H and O–H groups in total. The van der Waals surface area contributed by atoms with E-state index >= 15 is 0 Å². The first kappa shape index (κ1) is 11.5. The Labute approximate surface area is 89.2 Å². The van der Waals surface area contributed by atoms with Crippen LogP contribution in [0.3, 0.4) is 0 Å². The largest absolute Gasteiger partial charge is 0.478 e. The number of carboxylic acid groups (broad SMARTS) is 1. The number of aromatic carboxylic acids is 1. The second-order valence-corrected chi connectivity index (χ2v) is 3.07. The molecule has 0 saturated heterocycles. The summed E-state index contributed by atoms with van der Waals surface area (Å²) < 4.78 is 17.5. The molecule has 0 radical (unpaired) electrons. The minimum Gasteiger partial charge on any atom is -0.478 e. The predicted molar refractivity (Wildman–Crippen MR) is 49.7 cm³/mol. The summed E-state index contributed by atoms with van der Waals surface area (Å²) >= 11 is 5.39. The highest BCUT2D eigenvalue weighted by atomic mass is 35.5. The SMILES string of the molecule is CC(=O)Oc1cc(F)c(Cl)cc1C(=O)O. The van der Waals surface area contributed by atoms with E-state index < -0.39 is 17.8 Å². The Kier molecular flexibility index (Phi) is 3.26. The van der Waals surface area contributed by atoms with E-state index in [1.165, 1.54) is 0 Å². The third kappa shape index (κ3) is 2.66. The second-order valence-electron chi connectivity index (χ2n) is 2.66. The van der Waals surface area contributed by atoms with Crippen molar-refractivity contribution in [1.29, 1.82) is 0 Å². The van der Waals surface area contributed by atoms with Crippen LogP contribution in [0.4, 0.5) is 4.39 Å². The molecule has 0 aliphatic rings. The van der Waals surface area contributed by atoms with Gasteiger partial charge in [0.1, 0.15) is 17.1 Å². The molecule has 0 amide bonds. The number of halogens is 2. The van der Waals surface area contributed by atoms with Crippen molar-refractivity contribution < 1.29 is 23.8 Å². The van der Waals surface area contributed by atoms with Crippen molar-refractivity contribution in [2.75, 3.05) is 0 Å². The monoisotopic (exact) mass is 232 g/mol. The maximum atomic E-state index is 13.0. The van der Waals surface area contributed by atoms with E-state index in [4.69, 9.17) is 16.7 Å². The molecular formula is C9H6ClFO4. The summed E-state index contributed by atoms with van der Waals surface area (Å²) in [7, 11) is 0. The number of carbonyl (C=O) groups excluding carboxylic acids is 1. The van der Waals surface area contributed by atoms with Crippen molar-refractivity contribution >= 4 is 23.5 Å². The van der Waals surface area contributed by atoms with Crippen LogP contribution in [-0.4, -0.2) is 17.0 Å². The lowest BCUT2D eigenvalue weighted by molar-refractivity contribution is -0.131. The maximum absolute atomic E-state index is 13.0. The Hall–Kier alpha value is -1.62. The summed E-state index contributed by atoms with van der Waals surface area (Å²) in [6.45, 7) is 1.08. The van der Waals surface area contributed by atoms with Crippen molar-refractivity contribution in [2.45, 2.75) is 6.92 Å². The van der Waals surface area contributed by atoms with E-state index in [0.29, 0.717) is 0 Å². The maximum Gasteiger partial charge on any atom is 0.339 e. The number of hydrogen-bond acceptors (Lipinski definition) is 3. The smallest absolute Gasteiger partial charge is 0.339 e. The van der Waals surface area contributed by atoms with Crippen LogP contribution in [0.2, 0.25) is 5.02 Å². The molecule has 1 rings (SSSR count). The molecule has 4 nitrogen and oxygen atoms in total. The molecule has 0 saturated carbocycles. The molecule has 0 spiro atoms. The molecule has 0 bridgehead atoms. The molecule has 80 valence electrons. The Morgan fingerprint density at radius 3 is 2.53 bits per heavy atom. The average Bonchev–Trinajstić information content (AvgIpc) is 2.09. The van der Waals surface area contributed by atoms with Crippen LogP contribution in [0.1, 0.15) is 17.3 Å². The van der Waals surface area contributed by atoms with Gasteiger partial charge in [-0.2, -0.15) is 0 Å². The van der Waals surface area contributed by atoms with E-state index in [-0.39, 0.29) is 16.3 Å². The van der Waals surface area contributed by atoms with Crippen LogP contribution >= 0.6 is 11.6 Å². The highest BCUT2D eigenvalue weighted by Crippen LogP contribution is 2.26. The highest BCUT2D eigenvalue weighted by molar-refractivity contribution is 6.31. The van der Waals surface area contributed by atoms with Gasteiger partial charge in [-0.25, -0.2) is 9.18 Å². The molecule has 0 aliphatic carbocycles. The number of rotatable bonds is 2. The lowest BCUT2D eigenvalue weighted by Crippen LogP contribution is -2.08.